The monoisotopic (exact) mass is 380 g/mol. The summed E-state index contributed by atoms with van der Waals surface area (Å²) >= 11 is 0. The molecule has 1 saturated heterocycles. The summed E-state index contributed by atoms with van der Waals surface area (Å²) in [7, 11) is 0. The maximum absolute atomic E-state index is 13.0. The lowest BCUT2D eigenvalue weighted by atomic mass is 10.1. The predicted octanol–water partition coefficient (Wildman–Crippen LogP) is 4.10. The molecule has 0 spiro atoms. The first kappa shape index (κ1) is 16.9. The number of nitrogens with one attached hydrogen (secondary N) is 1. The van der Waals surface area contributed by atoms with E-state index in [1.54, 1.807) is 30.3 Å². The number of imide groups is 1. The van der Waals surface area contributed by atoms with E-state index in [0.717, 1.165) is 27.5 Å². The topological polar surface area (TPSA) is 66.7 Å². The first-order chi connectivity index (χ1) is 14.2. The van der Waals surface area contributed by atoms with E-state index in [2.05, 4.69) is 5.32 Å². The Morgan fingerprint density at radius 3 is 2.28 bits per heavy atom. The van der Waals surface area contributed by atoms with Crippen molar-refractivity contribution in [3.05, 3.63) is 96.5 Å². The molecule has 29 heavy (non-hydrogen) atoms. The number of urea groups is 1. The third-order valence-electron chi connectivity index (χ3n) is 4.79. The van der Waals surface area contributed by atoms with E-state index in [0.29, 0.717) is 5.69 Å². The normalized spacial score (nSPS) is 15.3. The van der Waals surface area contributed by atoms with Crippen LogP contribution in [0.5, 0.6) is 0 Å². The highest BCUT2D eigenvalue weighted by atomic mass is 16.2. The van der Waals surface area contributed by atoms with E-state index in [9.17, 15) is 9.59 Å². The van der Waals surface area contributed by atoms with Crippen LogP contribution in [0.15, 0.2) is 90.8 Å². The third-order valence-corrected chi connectivity index (χ3v) is 4.79. The van der Waals surface area contributed by atoms with Crippen molar-refractivity contribution in [3.8, 4) is 11.3 Å². The van der Waals surface area contributed by atoms with Crippen molar-refractivity contribution in [3.63, 3.8) is 0 Å². The first-order valence-corrected chi connectivity index (χ1v) is 9.17. The molecule has 1 aliphatic rings. The maximum atomic E-state index is 13.0. The lowest BCUT2D eigenvalue weighted by Gasteiger charge is -2.10. The molecule has 0 aliphatic carbocycles. The Morgan fingerprint density at radius 1 is 0.828 bits per heavy atom. The van der Waals surface area contributed by atoms with E-state index >= 15 is 0 Å². The quantitative estimate of drug-likeness (QED) is 0.430. The molecule has 1 fully saturated rings. The Hall–Kier alpha value is -4.19. The number of hydrogen-bond acceptors (Lipinski definition) is 3. The van der Waals surface area contributed by atoms with E-state index in [1.165, 1.54) is 0 Å². The second kappa shape index (κ2) is 6.76. The summed E-state index contributed by atoms with van der Waals surface area (Å²) < 4.78 is 1.90. The molecular weight excluding hydrogens is 364 g/mol. The molecule has 6 nitrogen and oxygen atoms in total. The number of carbonyl (C=O) groups excluding carboxylic acids is 2. The minimum Gasteiger partial charge on any atom is -0.302 e. The molecule has 4 aromatic rings. The zero-order valence-corrected chi connectivity index (χ0v) is 15.3. The number of rotatable bonds is 3. The molecule has 0 atom stereocenters. The van der Waals surface area contributed by atoms with Gasteiger partial charge < -0.3 is 5.32 Å². The SMILES string of the molecule is O=C1N/C(=C/c2c(-c3ccccc3)nc3ccccn23)C(=O)N1c1ccccc1. The van der Waals surface area contributed by atoms with Crippen LogP contribution in [0.2, 0.25) is 0 Å². The summed E-state index contributed by atoms with van der Waals surface area (Å²) in [5.41, 5.74) is 3.89. The fraction of sp³-hybridized carbons (Fsp3) is 0. The van der Waals surface area contributed by atoms with Gasteiger partial charge in [-0.1, -0.05) is 54.6 Å². The summed E-state index contributed by atoms with van der Waals surface area (Å²) in [6, 6.07) is 23.9. The van der Waals surface area contributed by atoms with Crippen molar-refractivity contribution in [1.82, 2.24) is 14.7 Å². The van der Waals surface area contributed by atoms with Crippen LogP contribution in [0.1, 0.15) is 5.69 Å². The second-order valence-corrected chi connectivity index (χ2v) is 6.60. The average molecular weight is 380 g/mol. The van der Waals surface area contributed by atoms with Crippen molar-refractivity contribution in [2.24, 2.45) is 0 Å². The van der Waals surface area contributed by atoms with Crippen LogP contribution in [0.3, 0.4) is 0 Å². The Morgan fingerprint density at radius 2 is 1.52 bits per heavy atom. The van der Waals surface area contributed by atoms with Crippen LogP contribution in [-0.2, 0) is 4.79 Å². The number of hydrogen-bond donors (Lipinski definition) is 1. The van der Waals surface area contributed by atoms with Gasteiger partial charge >= 0.3 is 6.03 Å². The van der Waals surface area contributed by atoms with Gasteiger partial charge in [0.15, 0.2) is 0 Å². The summed E-state index contributed by atoms with van der Waals surface area (Å²) in [4.78, 5) is 31.3. The van der Waals surface area contributed by atoms with Crippen molar-refractivity contribution in [1.29, 1.82) is 0 Å². The van der Waals surface area contributed by atoms with Crippen LogP contribution in [0.25, 0.3) is 23.0 Å². The molecule has 6 heteroatoms. The molecule has 3 heterocycles. The molecule has 2 aromatic heterocycles. The lowest BCUT2D eigenvalue weighted by Crippen LogP contribution is -2.30. The van der Waals surface area contributed by atoms with Gasteiger partial charge in [-0.3, -0.25) is 9.20 Å². The largest absolute Gasteiger partial charge is 0.333 e. The Labute approximate surface area is 166 Å². The van der Waals surface area contributed by atoms with Gasteiger partial charge in [-0.25, -0.2) is 14.7 Å². The van der Waals surface area contributed by atoms with Gasteiger partial charge in [-0.15, -0.1) is 0 Å². The van der Waals surface area contributed by atoms with E-state index in [-0.39, 0.29) is 5.70 Å². The zero-order valence-electron chi connectivity index (χ0n) is 15.3. The molecule has 0 bridgehead atoms. The first-order valence-electron chi connectivity index (χ1n) is 9.17. The maximum Gasteiger partial charge on any atom is 0.333 e. The fourth-order valence-corrected chi connectivity index (χ4v) is 3.44. The van der Waals surface area contributed by atoms with Gasteiger partial charge in [0, 0.05) is 11.8 Å². The minimum atomic E-state index is -0.470. The molecule has 0 saturated carbocycles. The van der Waals surface area contributed by atoms with Gasteiger partial charge in [0.2, 0.25) is 0 Å². The standard InChI is InChI=1S/C23H16N4O2/c28-22-18(24-23(29)27(22)17-11-5-2-6-12-17)15-19-21(16-9-3-1-4-10-16)25-20-13-7-8-14-26(19)20/h1-15H,(H,24,29)/b18-15+. The number of carbonyl (C=O) groups is 2. The summed E-state index contributed by atoms with van der Waals surface area (Å²) in [5.74, 6) is -0.397. The highest BCUT2D eigenvalue weighted by Gasteiger charge is 2.35. The van der Waals surface area contributed by atoms with Crippen LogP contribution >= 0.6 is 0 Å². The van der Waals surface area contributed by atoms with Crippen LogP contribution < -0.4 is 10.2 Å². The summed E-state index contributed by atoms with van der Waals surface area (Å²) in [6.45, 7) is 0. The van der Waals surface area contributed by atoms with Crippen molar-refractivity contribution in [2.45, 2.75) is 0 Å². The van der Waals surface area contributed by atoms with Gasteiger partial charge in [0.1, 0.15) is 11.3 Å². The molecule has 1 N–H and O–H groups in total. The Kier molecular flexibility index (Phi) is 3.95. The molecular formula is C23H16N4O2. The van der Waals surface area contributed by atoms with Gasteiger partial charge in [0.25, 0.3) is 5.91 Å². The second-order valence-electron chi connectivity index (χ2n) is 6.60. The number of aromatic nitrogens is 2. The van der Waals surface area contributed by atoms with E-state index in [1.807, 2.05) is 65.2 Å². The van der Waals surface area contributed by atoms with Gasteiger partial charge in [-0.2, -0.15) is 0 Å². The number of amides is 3. The highest BCUT2D eigenvalue weighted by molar-refractivity contribution is 6.28. The van der Waals surface area contributed by atoms with Gasteiger partial charge in [0.05, 0.1) is 17.1 Å². The third kappa shape index (κ3) is 2.87. The Balaban J connectivity index is 1.64. The molecule has 1 aliphatic heterocycles. The van der Waals surface area contributed by atoms with Crippen LogP contribution in [0.4, 0.5) is 10.5 Å². The molecule has 2 aromatic carbocycles. The van der Waals surface area contributed by atoms with Crippen molar-refractivity contribution < 1.29 is 9.59 Å². The molecule has 5 rings (SSSR count). The number of pyridine rings is 1. The number of nitrogens with zero attached hydrogens (tertiary/aromatic N) is 3. The van der Waals surface area contributed by atoms with E-state index in [4.69, 9.17) is 4.98 Å². The lowest BCUT2D eigenvalue weighted by molar-refractivity contribution is -0.113. The minimum absolute atomic E-state index is 0.210. The number of fused-ring (bicyclic) bond motifs is 1. The summed E-state index contributed by atoms with van der Waals surface area (Å²) in [5, 5.41) is 2.69. The molecule has 3 amide bonds. The van der Waals surface area contributed by atoms with Gasteiger partial charge in [-0.05, 0) is 30.3 Å². The predicted molar refractivity (Wildman–Crippen MR) is 111 cm³/mol. The molecule has 0 radical (unpaired) electrons. The average Bonchev–Trinajstić information content (AvgIpc) is 3.26. The van der Waals surface area contributed by atoms with E-state index < -0.39 is 11.9 Å². The summed E-state index contributed by atoms with van der Waals surface area (Å²) in [6.07, 6.45) is 3.57. The zero-order chi connectivity index (χ0) is 19.8. The number of imidazole rings is 1. The van der Waals surface area contributed by atoms with Crippen LogP contribution in [0, 0.1) is 0 Å². The van der Waals surface area contributed by atoms with Crippen molar-refractivity contribution in [2.75, 3.05) is 4.90 Å². The highest BCUT2D eigenvalue weighted by Crippen LogP contribution is 2.28. The van der Waals surface area contributed by atoms with Crippen LogP contribution in [-0.4, -0.2) is 21.3 Å². The number of benzene rings is 2. The van der Waals surface area contributed by atoms with Crippen molar-refractivity contribution >= 4 is 29.3 Å². The smallest absolute Gasteiger partial charge is 0.302 e. The number of para-hydroxylation sites is 1. The Bertz CT molecular complexity index is 1260. The molecule has 0 unspecified atom stereocenters. The fourth-order valence-electron chi connectivity index (χ4n) is 3.44. The number of anilines is 1. The molecule has 140 valence electrons.